The average molecular weight is 175 g/mol. The number of hydrogen-bond donors (Lipinski definition) is 0. The SMILES string of the molecule is [CH2]c1ccccc1C(=O)OCC=C. The summed E-state index contributed by atoms with van der Waals surface area (Å²) in [6.07, 6.45) is 1.53. The average Bonchev–Trinajstić information content (AvgIpc) is 2.15. The first-order valence-electron chi connectivity index (χ1n) is 3.94. The Balaban J connectivity index is 2.76. The van der Waals surface area contributed by atoms with Crippen molar-refractivity contribution in [3.05, 3.63) is 55.0 Å². The molecule has 0 N–H and O–H groups in total. The first kappa shape index (κ1) is 9.52. The maximum atomic E-state index is 11.3. The number of hydrogen-bond acceptors (Lipinski definition) is 2. The van der Waals surface area contributed by atoms with E-state index >= 15 is 0 Å². The van der Waals surface area contributed by atoms with Gasteiger partial charge in [0.2, 0.25) is 0 Å². The van der Waals surface area contributed by atoms with Gasteiger partial charge in [-0.25, -0.2) is 4.79 Å². The Bertz CT molecular complexity index is 316. The van der Waals surface area contributed by atoms with Crippen molar-refractivity contribution >= 4 is 5.97 Å². The number of esters is 1. The monoisotopic (exact) mass is 175 g/mol. The topological polar surface area (TPSA) is 26.3 Å². The van der Waals surface area contributed by atoms with Crippen LogP contribution in [0.2, 0.25) is 0 Å². The summed E-state index contributed by atoms with van der Waals surface area (Å²) < 4.78 is 4.86. The molecule has 2 nitrogen and oxygen atoms in total. The van der Waals surface area contributed by atoms with E-state index in [1.165, 1.54) is 6.08 Å². The van der Waals surface area contributed by atoms with Gasteiger partial charge in [-0.15, -0.1) is 0 Å². The van der Waals surface area contributed by atoms with Gasteiger partial charge >= 0.3 is 5.97 Å². The molecule has 0 aliphatic carbocycles. The Kier molecular flexibility index (Phi) is 3.26. The Labute approximate surface area is 77.8 Å². The van der Waals surface area contributed by atoms with Crippen LogP contribution >= 0.6 is 0 Å². The van der Waals surface area contributed by atoms with E-state index in [4.69, 9.17) is 4.74 Å². The van der Waals surface area contributed by atoms with Gasteiger partial charge in [-0.3, -0.25) is 0 Å². The molecule has 67 valence electrons. The predicted octanol–water partition coefficient (Wildman–Crippen LogP) is 2.21. The molecule has 1 aromatic carbocycles. The highest BCUT2D eigenvalue weighted by molar-refractivity contribution is 5.91. The van der Waals surface area contributed by atoms with Crippen LogP contribution in [-0.2, 0) is 4.74 Å². The number of carbonyl (C=O) groups excluding carboxylic acids is 1. The molecule has 0 amide bonds. The molecule has 1 rings (SSSR count). The van der Waals surface area contributed by atoms with Crippen LogP contribution in [0.1, 0.15) is 15.9 Å². The normalized spacial score (nSPS) is 9.31. The molecule has 2 heteroatoms. The van der Waals surface area contributed by atoms with Crippen LogP contribution in [0.15, 0.2) is 36.9 Å². The first-order valence-corrected chi connectivity index (χ1v) is 3.94. The zero-order valence-corrected chi connectivity index (χ0v) is 7.32. The van der Waals surface area contributed by atoms with E-state index in [2.05, 4.69) is 13.5 Å². The fourth-order valence-corrected chi connectivity index (χ4v) is 0.932. The maximum absolute atomic E-state index is 11.3. The lowest BCUT2D eigenvalue weighted by molar-refractivity contribution is 0.0549. The molecule has 13 heavy (non-hydrogen) atoms. The molecule has 1 radical (unpaired) electrons. The van der Waals surface area contributed by atoms with Crippen LogP contribution in [-0.4, -0.2) is 12.6 Å². The summed E-state index contributed by atoms with van der Waals surface area (Å²) in [5, 5.41) is 0. The highest BCUT2D eigenvalue weighted by Gasteiger charge is 2.07. The van der Waals surface area contributed by atoms with Crippen molar-refractivity contribution < 1.29 is 9.53 Å². The third-order valence-electron chi connectivity index (χ3n) is 1.57. The second-order valence-corrected chi connectivity index (χ2v) is 2.54. The molecule has 0 heterocycles. The van der Waals surface area contributed by atoms with Crippen LogP contribution < -0.4 is 0 Å². The second-order valence-electron chi connectivity index (χ2n) is 2.54. The van der Waals surface area contributed by atoms with Crippen molar-refractivity contribution in [2.24, 2.45) is 0 Å². The maximum Gasteiger partial charge on any atom is 0.338 e. The zero-order chi connectivity index (χ0) is 9.68. The van der Waals surface area contributed by atoms with E-state index in [9.17, 15) is 4.79 Å². The summed E-state index contributed by atoms with van der Waals surface area (Å²) in [6.45, 7) is 7.41. The lowest BCUT2D eigenvalue weighted by Crippen LogP contribution is -2.06. The van der Waals surface area contributed by atoms with Crippen LogP contribution in [0, 0.1) is 6.92 Å². The number of carbonyl (C=O) groups is 1. The van der Waals surface area contributed by atoms with Crippen molar-refractivity contribution in [3.63, 3.8) is 0 Å². The molecule has 0 aliphatic heterocycles. The Morgan fingerprint density at radius 1 is 1.46 bits per heavy atom. The molecule has 1 aromatic rings. The first-order chi connectivity index (χ1) is 6.25. The molecular weight excluding hydrogens is 164 g/mol. The quantitative estimate of drug-likeness (QED) is 0.520. The fraction of sp³-hybridized carbons (Fsp3) is 0.0909. The predicted molar refractivity (Wildman–Crippen MR) is 51.4 cm³/mol. The van der Waals surface area contributed by atoms with Gasteiger partial charge in [0, 0.05) is 0 Å². The summed E-state index contributed by atoms with van der Waals surface area (Å²) in [5.74, 6) is -0.356. The molecule has 0 bridgehead atoms. The number of rotatable bonds is 3. The lowest BCUT2D eigenvalue weighted by atomic mass is 10.1. The molecule has 0 aromatic heterocycles. The van der Waals surface area contributed by atoms with Gasteiger partial charge in [0.15, 0.2) is 0 Å². The van der Waals surface area contributed by atoms with Crippen LogP contribution in [0.5, 0.6) is 0 Å². The van der Waals surface area contributed by atoms with E-state index in [1.807, 2.05) is 6.07 Å². The summed E-state index contributed by atoms with van der Waals surface area (Å²) >= 11 is 0. The van der Waals surface area contributed by atoms with Gasteiger partial charge in [-0.1, -0.05) is 30.9 Å². The molecule has 0 atom stereocenters. The summed E-state index contributed by atoms with van der Waals surface area (Å²) in [6, 6.07) is 7.06. The van der Waals surface area contributed by atoms with Gasteiger partial charge in [0.05, 0.1) is 5.56 Å². The van der Waals surface area contributed by atoms with Gasteiger partial charge in [-0.2, -0.15) is 0 Å². The lowest BCUT2D eigenvalue weighted by Gasteiger charge is -2.03. The fourth-order valence-electron chi connectivity index (χ4n) is 0.932. The van der Waals surface area contributed by atoms with E-state index in [-0.39, 0.29) is 12.6 Å². The smallest absolute Gasteiger partial charge is 0.338 e. The Morgan fingerprint density at radius 2 is 2.15 bits per heavy atom. The minimum absolute atomic E-state index is 0.229. The molecule has 0 spiro atoms. The second kappa shape index (κ2) is 4.45. The molecule has 0 saturated heterocycles. The minimum Gasteiger partial charge on any atom is -0.458 e. The van der Waals surface area contributed by atoms with Crippen molar-refractivity contribution in [2.45, 2.75) is 0 Å². The minimum atomic E-state index is -0.356. The summed E-state index contributed by atoms with van der Waals surface area (Å²) in [5.41, 5.74) is 1.18. The highest BCUT2D eigenvalue weighted by Crippen LogP contribution is 2.08. The zero-order valence-electron chi connectivity index (χ0n) is 7.32. The summed E-state index contributed by atoms with van der Waals surface area (Å²) in [7, 11) is 0. The van der Waals surface area contributed by atoms with Crippen molar-refractivity contribution in [3.8, 4) is 0 Å². The molecular formula is C11H11O2. The number of ether oxygens (including phenoxy) is 1. The van der Waals surface area contributed by atoms with E-state index in [1.54, 1.807) is 18.2 Å². The number of benzene rings is 1. The third kappa shape index (κ3) is 2.44. The molecule has 0 fully saturated rings. The Hall–Kier alpha value is -1.57. The van der Waals surface area contributed by atoms with Gasteiger partial charge in [0.25, 0.3) is 0 Å². The molecule has 0 aliphatic rings. The third-order valence-corrected chi connectivity index (χ3v) is 1.57. The van der Waals surface area contributed by atoms with Crippen LogP contribution in [0.25, 0.3) is 0 Å². The van der Waals surface area contributed by atoms with E-state index < -0.39 is 0 Å². The van der Waals surface area contributed by atoms with Crippen molar-refractivity contribution in [1.29, 1.82) is 0 Å². The van der Waals surface area contributed by atoms with Crippen LogP contribution in [0.4, 0.5) is 0 Å². The van der Waals surface area contributed by atoms with Gasteiger partial charge in [-0.05, 0) is 18.6 Å². The van der Waals surface area contributed by atoms with Gasteiger partial charge < -0.3 is 4.74 Å². The molecule has 0 unspecified atom stereocenters. The summed E-state index contributed by atoms with van der Waals surface area (Å²) in [4.78, 5) is 11.3. The standard InChI is InChI=1S/C11H11O2/c1-3-8-13-11(12)10-7-5-4-6-9(10)2/h3-7H,1-2,8H2. The van der Waals surface area contributed by atoms with E-state index in [0.29, 0.717) is 11.1 Å². The van der Waals surface area contributed by atoms with Crippen LogP contribution in [0.3, 0.4) is 0 Å². The highest BCUT2D eigenvalue weighted by atomic mass is 16.5. The van der Waals surface area contributed by atoms with Crippen molar-refractivity contribution in [1.82, 2.24) is 0 Å². The van der Waals surface area contributed by atoms with Gasteiger partial charge in [0.1, 0.15) is 6.61 Å². The largest absolute Gasteiger partial charge is 0.458 e. The van der Waals surface area contributed by atoms with E-state index in [0.717, 1.165) is 0 Å². The molecule has 0 saturated carbocycles. The van der Waals surface area contributed by atoms with Crippen molar-refractivity contribution in [2.75, 3.05) is 6.61 Å². The Morgan fingerprint density at radius 3 is 2.77 bits per heavy atom.